The summed E-state index contributed by atoms with van der Waals surface area (Å²) in [6.07, 6.45) is 2.35. The molecular formula is C15H21BrN2O. The third kappa shape index (κ3) is 3.57. The van der Waals surface area contributed by atoms with Gasteiger partial charge in [0.15, 0.2) is 0 Å². The molecule has 1 unspecified atom stereocenters. The van der Waals surface area contributed by atoms with Crippen molar-refractivity contribution >= 4 is 21.8 Å². The Hall–Kier alpha value is -0.870. The summed E-state index contributed by atoms with van der Waals surface area (Å²) in [6, 6.07) is 5.73. The Bertz CT molecular complexity index is 467. The molecule has 3 nitrogen and oxygen atoms in total. The van der Waals surface area contributed by atoms with Gasteiger partial charge in [0.25, 0.3) is 5.91 Å². The summed E-state index contributed by atoms with van der Waals surface area (Å²) < 4.78 is 0.977. The zero-order valence-corrected chi connectivity index (χ0v) is 13.1. The summed E-state index contributed by atoms with van der Waals surface area (Å²) >= 11 is 3.46. The first-order chi connectivity index (χ1) is 9.02. The van der Waals surface area contributed by atoms with E-state index in [1.807, 2.05) is 25.1 Å². The molecule has 2 rings (SSSR count). The Morgan fingerprint density at radius 3 is 3.00 bits per heavy atom. The number of hydrogen-bond donors (Lipinski definition) is 2. The van der Waals surface area contributed by atoms with E-state index in [0.29, 0.717) is 0 Å². The van der Waals surface area contributed by atoms with Crippen LogP contribution in [0.5, 0.6) is 0 Å². The van der Waals surface area contributed by atoms with Crippen LogP contribution in [-0.4, -0.2) is 25.5 Å². The fraction of sp³-hybridized carbons (Fsp3) is 0.533. The monoisotopic (exact) mass is 324 g/mol. The summed E-state index contributed by atoms with van der Waals surface area (Å²) in [6.45, 7) is 6.99. The van der Waals surface area contributed by atoms with Crippen LogP contribution >= 0.6 is 15.9 Å². The predicted octanol–water partition coefficient (Wildman–Crippen LogP) is 2.88. The number of carbonyl (C=O) groups excluding carboxylic acids is 1. The number of benzene rings is 1. The van der Waals surface area contributed by atoms with Crippen molar-refractivity contribution in [2.45, 2.75) is 26.7 Å². The van der Waals surface area contributed by atoms with Crippen molar-refractivity contribution in [2.75, 3.05) is 19.6 Å². The highest BCUT2D eigenvalue weighted by Gasteiger charge is 2.27. The van der Waals surface area contributed by atoms with E-state index < -0.39 is 0 Å². The van der Waals surface area contributed by atoms with Crippen LogP contribution in [0, 0.1) is 12.3 Å². The number of carbonyl (C=O) groups is 1. The average Bonchev–Trinajstić information content (AvgIpc) is 2.40. The number of hydrogen-bond acceptors (Lipinski definition) is 2. The van der Waals surface area contributed by atoms with E-state index in [0.717, 1.165) is 41.7 Å². The molecule has 4 heteroatoms. The zero-order chi connectivity index (χ0) is 13.9. The fourth-order valence-electron chi connectivity index (χ4n) is 2.51. The van der Waals surface area contributed by atoms with Gasteiger partial charge in [0.2, 0.25) is 0 Å². The third-order valence-corrected chi connectivity index (χ3v) is 4.73. The topological polar surface area (TPSA) is 41.1 Å². The number of piperidine rings is 1. The van der Waals surface area contributed by atoms with Gasteiger partial charge in [-0.15, -0.1) is 0 Å². The minimum Gasteiger partial charge on any atom is -0.351 e. The van der Waals surface area contributed by atoms with Crippen molar-refractivity contribution in [3.8, 4) is 0 Å². The van der Waals surface area contributed by atoms with Crippen LogP contribution in [0.15, 0.2) is 22.7 Å². The van der Waals surface area contributed by atoms with Gasteiger partial charge in [-0.2, -0.15) is 0 Å². The molecule has 1 aliphatic heterocycles. The van der Waals surface area contributed by atoms with Gasteiger partial charge in [0.05, 0.1) is 0 Å². The molecule has 1 aromatic carbocycles. The van der Waals surface area contributed by atoms with Gasteiger partial charge in [0.1, 0.15) is 0 Å². The first-order valence-corrected chi connectivity index (χ1v) is 7.55. The lowest BCUT2D eigenvalue weighted by molar-refractivity contribution is 0.0924. The highest BCUT2D eigenvalue weighted by atomic mass is 79.9. The van der Waals surface area contributed by atoms with Crippen LogP contribution in [0.2, 0.25) is 0 Å². The van der Waals surface area contributed by atoms with E-state index in [2.05, 4.69) is 33.5 Å². The molecule has 0 radical (unpaired) electrons. The number of nitrogens with one attached hydrogen (secondary N) is 2. The standard InChI is InChI=1S/C15H21BrN2O/c1-11-12(5-3-6-13(11)16)14(19)18-10-15(2)7-4-8-17-9-15/h3,5-6,17H,4,7-10H2,1-2H3,(H,18,19). The zero-order valence-electron chi connectivity index (χ0n) is 11.6. The highest BCUT2D eigenvalue weighted by Crippen LogP contribution is 2.25. The van der Waals surface area contributed by atoms with Gasteiger partial charge in [-0.3, -0.25) is 4.79 Å². The van der Waals surface area contributed by atoms with Crippen LogP contribution in [0.25, 0.3) is 0 Å². The van der Waals surface area contributed by atoms with Gasteiger partial charge in [-0.1, -0.05) is 28.9 Å². The normalized spacial score (nSPS) is 23.1. The molecular weight excluding hydrogens is 304 g/mol. The van der Waals surface area contributed by atoms with Crippen LogP contribution < -0.4 is 10.6 Å². The fourth-order valence-corrected chi connectivity index (χ4v) is 2.88. The second-order valence-corrected chi connectivity index (χ2v) is 6.54. The molecule has 0 aliphatic carbocycles. The van der Waals surface area contributed by atoms with Crippen molar-refractivity contribution in [3.05, 3.63) is 33.8 Å². The SMILES string of the molecule is Cc1c(Br)cccc1C(=O)NCC1(C)CCCNC1. The molecule has 104 valence electrons. The predicted molar refractivity (Wildman–Crippen MR) is 81.4 cm³/mol. The molecule has 1 amide bonds. The van der Waals surface area contributed by atoms with Crippen molar-refractivity contribution < 1.29 is 4.79 Å². The number of amides is 1. The Morgan fingerprint density at radius 2 is 2.32 bits per heavy atom. The maximum absolute atomic E-state index is 12.3. The number of rotatable bonds is 3. The Balaban J connectivity index is 1.99. The minimum absolute atomic E-state index is 0.0191. The molecule has 19 heavy (non-hydrogen) atoms. The maximum Gasteiger partial charge on any atom is 0.251 e. The van der Waals surface area contributed by atoms with E-state index in [1.165, 1.54) is 6.42 Å². The van der Waals surface area contributed by atoms with E-state index in [4.69, 9.17) is 0 Å². The van der Waals surface area contributed by atoms with E-state index in [1.54, 1.807) is 0 Å². The maximum atomic E-state index is 12.3. The second kappa shape index (κ2) is 6.06. The van der Waals surface area contributed by atoms with Crippen LogP contribution in [0.4, 0.5) is 0 Å². The van der Waals surface area contributed by atoms with Crippen molar-refractivity contribution in [2.24, 2.45) is 5.41 Å². The largest absolute Gasteiger partial charge is 0.351 e. The smallest absolute Gasteiger partial charge is 0.251 e. The van der Waals surface area contributed by atoms with Gasteiger partial charge in [-0.05, 0) is 49.4 Å². The molecule has 0 spiro atoms. The Morgan fingerprint density at radius 1 is 1.53 bits per heavy atom. The molecule has 1 aliphatic rings. The first kappa shape index (κ1) is 14.5. The van der Waals surface area contributed by atoms with E-state index in [9.17, 15) is 4.79 Å². The van der Waals surface area contributed by atoms with Gasteiger partial charge in [-0.25, -0.2) is 0 Å². The first-order valence-electron chi connectivity index (χ1n) is 6.76. The molecule has 1 fully saturated rings. The quantitative estimate of drug-likeness (QED) is 0.897. The number of halogens is 1. The van der Waals surface area contributed by atoms with Crippen molar-refractivity contribution in [3.63, 3.8) is 0 Å². The lowest BCUT2D eigenvalue weighted by Gasteiger charge is -2.34. The summed E-state index contributed by atoms with van der Waals surface area (Å²) in [7, 11) is 0. The lowest BCUT2D eigenvalue weighted by Crippen LogP contribution is -2.45. The van der Waals surface area contributed by atoms with Gasteiger partial charge >= 0.3 is 0 Å². The molecule has 0 bridgehead atoms. The molecule has 0 saturated carbocycles. The van der Waals surface area contributed by atoms with Crippen LogP contribution in [-0.2, 0) is 0 Å². The Labute approximate surface area is 123 Å². The third-order valence-electron chi connectivity index (χ3n) is 3.87. The lowest BCUT2D eigenvalue weighted by atomic mass is 9.83. The molecule has 1 atom stereocenters. The molecule has 1 heterocycles. The van der Waals surface area contributed by atoms with Crippen molar-refractivity contribution in [1.29, 1.82) is 0 Å². The molecule has 0 aromatic heterocycles. The van der Waals surface area contributed by atoms with Crippen LogP contribution in [0.1, 0.15) is 35.7 Å². The summed E-state index contributed by atoms with van der Waals surface area (Å²) in [4.78, 5) is 12.3. The molecule has 1 saturated heterocycles. The van der Waals surface area contributed by atoms with Crippen molar-refractivity contribution in [1.82, 2.24) is 10.6 Å². The second-order valence-electron chi connectivity index (χ2n) is 5.69. The average molecular weight is 325 g/mol. The molecule has 2 N–H and O–H groups in total. The van der Waals surface area contributed by atoms with Crippen LogP contribution in [0.3, 0.4) is 0 Å². The summed E-state index contributed by atoms with van der Waals surface area (Å²) in [5.74, 6) is 0.0191. The van der Waals surface area contributed by atoms with E-state index in [-0.39, 0.29) is 11.3 Å². The van der Waals surface area contributed by atoms with E-state index >= 15 is 0 Å². The minimum atomic E-state index is 0.0191. The van der Waals surface area contributed by atoms with Gasteiger partial charge in [0, 0.05) is 23.1 Å². The Kier molecular flexibility index (Phi) is 4.63. The highest BCUT2D eigenvalue weighted by molar-refractivity contribution is 9.10. The van der Waals surface area contributed by atoms with Gasteiger partial charge < -0.3 is 10.6 Å². The molecule has 1 aromatic rings. The summed E-state index contributed by atoms with van der Waals surface area (Å²) in [5.41, 5.74) is 1.92. The summed E-state index contributed by atoms with van der Waals surface area (Å²) in [5, 5.41) is 6.48.